The molecule has 5 nitrogen and oxygen atoms in total. The fourth-order valence-corrected chi connectivity index (χ4v) is 3.14. The van der Waals surface area contributed by atoms with Gasteiger partial charge in [-0.3, -0.25) is 14.9 Å². The number of benzene rings is 2. The first kappa shape index (κ1) is 15.5. The van der Waals surface area contributed by atoms with E-state index in [1.807, 2.05) is 18.2 Å². The number of hydrogen-bond donors (Lipinski definition) is 1. The molecule has 0 aliphatic heterocycles. The van der Waals surface area contributed by atoms with Gasteiger partial charge in [-0.15, -0.1) is 0 Å². The lowest BCUT2D eigenvalue weighted by molar-refractivity contribution is -0.384. The molecule has 1 aliphatic rings. The third-order valence-corrected chi connectivity index (χ3v) is 4.41. The van der Waals surface area contributed by atoms with Gasteiger partial charge in [-0.05, 0) is 36.5 Å². The van der Waals surface area contributed by atoms with E-state index in [0.29, 0.717) is 0 Å². The molecule has 1 N–H and O–H groups in total. The van der Waals surface area contributed by atoms with Crippen LogP contribution in [-0.2, 0) is 6.42 Å². The topological polar surface area (TPSA) is 72.2 Å². The van der Waals surface area contributed by atoms with Gasteiger partial charge in [0, 0.05) is 12.1 Å². The fourth-order valence-electron chi connectivity index (χ4n) is 2.94. The van der Waals surface area contributed by atoms with Crippen molar-refractivity contribution >= 4 is 23.2 Å². The molecule has 0 spiro atoms. The van der Waals surface area contributed by atoms with Crippen molar-refractivity contribution in [1.82, 2.24) is 5.32 Å². The summed E-state index contributed by atoms with van der Waals surface area (Å²) in [6.07, 6.45) is 2.83. The second-order valence-corrected chi connectivity index (χ2v) is 5.95. The Kier molecular flexibility index (Phi) is 4.30. The molecule has 0 heterocycles. The van der Waals surface area contributed by atoms with Gasteiger partial charge < -0.3 is 5.32 Å². The van der Waals surface area contributed by atoms with Gasteiger partial charge in [0.15, 0.2) is 0 Å². The van der Waals surface area contributed by atoms with Crippen LogP contribution in [0.3, 0.4) is 0 Å². The number of nitro benzene ring substituents is 1. The number of aryl methyl sites for hydroxylation is 1. The van der Waals surface area contributed by atoms with E-state index in [0.717, 1.165) is 24.8 Å². The summed E-state index contributed by atoms with van der Waals surface area (Å²) in [5.41, 5.74) is 2.32. The Morgan fingerprint density at radius 2 is 2.04 bits per heavy atom. The van der Waals surface area contributed by atoms with E-state index in [-0.39, 0.29) is 28.2 Å². The van der Waals surface area contributed by atoms with E-state index >= 15 is 0 Å². The first-order chi connectivity index (χ1) is 11.1. The minimum absolute atomic E-state index is 0.0946. The lowest BCUT2D eigenvalue weighted by Crippen LogP contribution is -2.31. The van der Waals surface area contributed by atoms with Crippen LogP contribution >= 0.6 is 11.6 Å². The predicted molar refractivity (Wildman–Crippen MR) is 87.7 cm³/mol. The van der Waals surface area contributed by atoms with Gasteiger partial charge in [-0.1, -0.05) is 35.9 Å². The number of non-ortho nitro benzene ring substituents is 1. The second kappa shape index (κ2) is 6.38. The van der Waals surface area contributed by atoms with E-state index in [1.54, 1.807) is 0 Å². The first-order valence-corrected chi connectivity index (χ1v) is 7.76. The Bertz CT molecular complexity index is 776. The Labute approximate surface area is 138 Å². The Balaban J connectivity index is 1.86. The molecule has 1 aliphatic carbocycles. The molecule has 0 bridgehead atoms. The van der Waals surface area contributed by atoms with Crippen molar-refractivity contribution in [2.24, 2.45) is 0 Å². The maximum atomic E-state index is 12.5. The third-order valence-electron chi connectivity index (χ3n) is 4.08. The molecule has 1 atom stereocenters. The molecule has 0 aromatic heterocycles. The van der Waals surface area contributed by atoms with Gasteiger partial charge >= 0.3 is 0 Å². The van der Waals surface area contributed by atoms with Crippen LogP contribution in [0.1, 0.15) is 40.4 Å². The van der Waals surface area contributed by atoms with Crippen LogP contribution in [-0.4, -0.2) is 10.8 Å². The fraction of sp³-hybridized carbons (Fsp3) is 0.235. The van der Waals surface area contributed by atoms with E-state index in [9.17, 15) is 14.9 Å². The van der Waals surface area contributed by atoms with E-state index in [1.165, 1.54) is 23.8 Å². The molecule has 0 saturated carbocycles. The van der Waals surface area contributed by atoms with Crippen LogP contribution in [0, 0.1) is 10.1 Å². The molecule has 0 saturated heterocycles. The van der Waals surface area contributed by atoms with Crippen LogP contribution < -0.4 is 5.32 Å². The number of halogens is 1. The Morgan fingerprint density at radius 1 is 1.26 bits per heavy atom. The zero-order chi connectivity index (χ0) is 16.4. The van der Waals surface area contributed by atoms with Crippen LogP contribution in [0.2, 0.25) is 5.02 Å². The minimum Gasteiger partial charge on any atom is -0.345 e. The zero-order valence-corrected chi connectivity index (χ0v) is 13.0. The highest BCUT2D eigenvalue weighted by Gasteiger charge is 2.23. The monoisotopic (exact) mass is 330 g/mol. The van der Waals surface area contributed by atoms with E-state index in [4.69, 9.17) is 11.6 Å². The van der Waals surface area contributed by atoms with Gasteiger partial charge in [0.2, 0.25) is 0 Å². The van der Waals surface area contributed by atoms with Crippen LogP contribution in [0.5, 0.6) is 0 Å². The molecular formula is C17H15ClN2O3. The summed E-state index contributed by atoms with van der Waals surface area (Å²) < 4.78 is 0. The normalized spacial score (nSPS) is 16.5. The number of nitro groups is 1. The van der Waals surface area contributed by atoms with Crippen molar-refractivity contribution in [1.29, 1.82) is 0 Å². The number of amides is 1. The van der Waals surface area contributed by atoms with Gasteiger partial charge in [0.1, 0.15) is 0 Å². The summed E-state index contributed by atoms with van der Waals surface area (Å²) in [6, 6.07) is 11.8. The van der Waals surface area contributed by atoms with Crippen molar-refractivity contribution < 1.29 is 9.72 Å². The summed E-state index contributed by atoms with van der Waals surface area (Å²) in [5, 5.41) is 14.0. The van der Waals surface area contributed by atoms with E-state index in [2.05, 4.69) is 11.4 Å². The summed E-state index contributed by atoms with van der Waals surface area (Å²) in [5.74, 6) is -0.389. The predicted octanol–water partition coefficient (Wildman–Crippen LogP) is 4.06. The van der Waals surface area contributed by atoms with Crippen LogP contribution in [0.15, 0.2) is 42.5 Å². The molecule has 3 rings (SSSR count). The number of nitrogens with one attached hydrogen (secondary N) is 1. The lowest BCUT2D eigenvalue weighted by Gasteiger charge is -2.26. The molecule has 1 unspecified atom stereocenters. The van der Waals surface area contributed by atoms with E-state index < -0.39 is 4.92 Å². The van der Waals surface area contributed by atoms with Crippen molar-refractivity contribution in [3.63, 3.8) is 0 Å². The SMILES string of the molecule is O=C(NC1CCCc2ccccc21)c1cc([N+](=O)[O-])ccc1Cl. The van der Waals surface area contributed by atoms with Gasteiger partial charge in [0.25, 0.3) is 11.6 Å². The molecule has 118 valence electrons. The highest BCUT2D eigenvalue weighted by molar-refractivity contribution is 6.34. The first-order valence-electron chi connectivity index (χ1n) is 7.39. The standard InChI is InChI=1S/C17H15ClN2O3/c18-15-9-8-12(20(22)23)10-14(15)17(21)19-16-7-3-5-11-4-1-2-6-13(11)16/h1-2,4,6,8-10,16H,3,5,7H2,(H,19,21). The molecular weight excluding hydrogens is 316 g/mol. The highest BCUT2D eigenvalue weighted by Crippen LogP contribution is 2.30. The molecule has 2 aromatic carbocycles. The third kappa shape index (κ3) is 3.19. The lowest BCUT2D eigenvalue weighted by atomic mass is 9.87. The van der Waals surface area contributed by atoms with Gasteiger partial charge in [-0.2, -0.15) is 0 Å². The number of carbonyl (C=O) groups is 1. The highest BCUT2D eigenvalue weighted by atomic mass is 35.5. The average Bonchev–Trinajstić information content (AvgIpc) is 2.55. The maximum absolute atomic E-state index is 12.5. The van der Waals surface area contributed by atoms with Gasteiger partial charge in [0.05, 0.1) is 21.6 Å². The summed E-state index contributed by atoms with van der Waals surface area (Å²) in [6.45, 7) is 0. The molecule has 23 heavy (non-hydrogen) atoms. The van der Waals surface area contributed by atoms with Crippen molar-refractivity contribution in [2.45, 2.75) is 25.3 Å². The number of fused-ring (bicyclic) bond motifs is 1. The van der Waals surface area contributed by atoms with Crippen molar-refractivity contribution in [3.05, 3.63) is 74.3 Å². The van der Waals surface area contributed by atoms with Crippen molar-refractivity contribution in [3.8, 4) is 0 Å². The maximum Gasteiger partial charge on any atom is 0.270 e. The van der Waals surface area contributed by atoms with Crippen LogP contribution in [0.4, 0.5) is 5.69 Å². The molecule has 6 heteroatoms. The quantitative estimate of drug-likeness (QED) is 0.681. The minimum atomic E-state index is -0.539. The Morgan fingerprint density at radius 3 is 2.83 bits per heavy atom. The van der Waals surface area contributed by atoms with Gasteiger partial charge in [-0.25, -0.2) is 0 Å². The number of nitrogens with zero attached hydrogens (tertiary/aromatic N) is 1. The largest absolute Gasteiger partial charge is 0.345 e. The molecule has 1 amide bonds. The Hall–Kier alpha value is -2.40. The summed E-state index contributed by atoms with van der Waals surface area (Å²) in [4.78, 5) is 22.8. The number of hydrogen-bond acceptors (Lipinski definition) is 3. The number of rotatable bonds is 3. The molecule has 0 fully saturated rings. The molecule has 0 radical (unpaired) electrons. The molecule has 2 aromatic rings. The van der Waals surface area contributed by atoms with Crippen LogP contribution in [0.25, 0.3) is 0 Å². The second-order valence-electron chi connectivity index (χ2n) is 5.54. The van der Waals surface area contributed by atoms with Crippen molar-refractivity contribution in [2.75, 3.05) is 0 Å². The number of carbonyl (C=O) groups excluding carboxylic acids is 1. The smallest absolute Gasteiger partial charge is 0.270 e. The summed E-state index contributed by atoms with van der Waals surface area (Å²) in [7, 11) is 0. The zero-order valence-electron chi connectivity index (χ0n) is 12.3. The summed E-state index contributed by atoms with van der Waals surface area (Å²) >= 11 is 6.03. The average molecular weight is 331 g/mol.